The van der Waals surface area contributed by atoms with E-state index in [1.807, 2.05) is 37.8 Å². The number of aryl methyl sites for hydroxylation is 1. The van der Waals surface area contributed by atoms with Crippen LogP contribution in [0.15, 0.2) is 61.1 Å². The Labute approximate surface area is 182 Å². The molecule has 4 aromatic rings. The van der Waals surface area contributed by atoms with Gasteiger partial charge in [-0.2, -0.15) is 5.10 Å². The molecule has 2 aromatic carbocycles. The molecule has 0 saturated heterocycles. The van der Waals surface area contributed by atoms with Crippen LogP contribution in [0.1, 0.15) is 19.4 Å². The van der Waals surface area contributed by atoms with Crippen molar-refractivity contribution in [3.63, 3.8) is 0 Å². The first-order valence-corrected chi connectivity index (χ1v) is 10.7. The highest BCUT2D eigenvalue weighted by Crippen LogP contribution is 2.36. The lowest BCUT2D eigenvalue weighted by molar-refractivity contribution is 0.224. The van der Waals surface area contributed by atoms with Gasteiger partial charge in [0.2, 0.25) is 0 Å². The van der Waals surface area contributed by atoms with Gasteiger partial charge in [0.25, 0.3) is 0 Å². The van der Waals surface area contributed by atoms with Gasteiger partial charge >= 0.3 is 0 Å². The summed E-state index contributed by atoms with van der Waals surface area (Å²) >= 11 is 0. The van der Waals surface area contributed by atoms with Gasteiger partial charge in [-0.05, 0) is 49.7 Å². The Morgan fingerprint density at radius 1 is 0.968 bits per heavy atom. The summed E-state index contributed by atoms with van der Waals surface area (Å²) in [5.74, 6) is 0.295. The van der Waals surface area contributed by atoms with Crippen LogP contribution in [0.5, 0.6) is 5.75 Å². The number of aromatic nitrogens is 3. The molecule has 31 heavy (non-hydrogen) atoms. The molecular weight excluding hydrogens is 386 g/mol. The normalized spacial score (nSPS) is 14.8. The third-order valence-electron chi connectivity index (χ3n) is 6.09. The van der Waals surface area contributed by atoms with E-state index >= 15 is 0 Å². The molecule has 2 aromatic heterocycles. The second-order valence-corrected chi connectivity index (χ2v) is 8.53. The van der Waals surface area contributed by atoms with Gasteiger partial charge in [-0.1, -0.05) is 6.07 Å². The molecule has 1 aliphatic rings. The molecule has 0 amide bonds. The van der Waals surface area contributed by atoms with Crippen LogP contribution < -0.4 is 4.90 Å². The number of hydrogen-bond acceptors (Lipinski definition) is 5. The Morgan fingerprint density at radius 2 is 1.84 bits per heavy atom. The van der Waals surface area contributed by atoms with E-state index in [-0.39, 0.29) is 0 Å². The van der Waals surface area contributed by atoms with Crippen LogP contribution in [-0.2, 0) is 13.6 Å². The predicted octanol–water partition coefficient (Wildman–Crippen LogP) is 4.70. The molecule has 0 atom stereocenters. The molecule has 1 aliphatic heterocycles. The van der Waals surface area contributed by atoms with E-state index in [1.54, 1.807) is 10.7 Å². The van der Waals surface area contributed by atoms with Crippen molar-refractivity contribution >= 4 is 22.3 Å². The largest absolute Gasteiger partial charge is 0.508 e. The monoisotopic (exact) mass is 413 g/mol. The van der Waals surface area contributed by atoms with Crippen molar-refractivity contribution in [2.45, 2.75) is 26.4 Å². The number of aromatic hydroxyl groups is 1. The number of pyridine rings is 1. The average molecular weight is 414 g/mol. The van der Waals surface area contributed by atoms with Crippen molar-refractivity contribution in [1.82, 2.24) is 19.7 Å². The molecule has 1 N–H and O–H groups in total. The van der Waals surface area contributed by atoms with Crippen LogP contribution in [0.3, 0.4) is 0 Å². The highest BCUT2D eigenvalue weighted by atomic mass is 16.3. The average Bonchev–Trinajstić information content (AvgIpc) is 3.10. The minimum atomic E-state index is 0.295. The van der Waals surface area contributed by atoms with Crippen LogP contribution in [0, 0.1) is 0 Å². The Kier molecular flexibility index (Phi) is 4.87. The van der Waals surface area contributed by atoms with Gasteiger partial charge in [0.15, 0.2) is 0 Å². The highest BCUT2D eigenvalue weighted by Gasteiger charge is 2.23. The lowest BCUT2D eigenvalue weighted by Gasteiger charge is -2.26. The number of anilines is 2. The Bertz CT molecular complexity index is 1250. The van der Waals surface area contributed by atoms with Crippen LogP contribution in [0.2, 0.25) is 0 Å². The molecule has 6 nitrogen and oxygen atoms in total. The number of fused-ring (bicyclic) bond motifs is 2. The first-order valence-electron chi connectivity index (χ1n) is 10.7. The lowest BCUT2D eigenvalue weighted by Crippen LogP contribution is -2.34. The Balaban J connectivity index is 1.58. The van der Waals surface area contributed by atoms with Crippen molar-refractivity contribution in [2.24, 2.45) is 7.05 Å². The van der Waals surface area contributed by atoms with Crippen LogP contribution in [-0.4, -0.2) is 43.9 Å². The highest BCUT2D eigenvalue weighted by molar-refractivity contribution is 5.87. The summed E-state index contributed by atoms with van der Waals surface area (Å²) < 4.78 is 1.80. The zero-order valence-corrected chi connectivity index (χ0v) is 18.2. The summed E-state index contributed by atoms with van der Waals surface area (Å²) in [6.07, 6.45) is 5.76. The zero-order valence-electron chi connectivity index (χ0n) is 18.2. The van der Waals surface area contributed by atoms with Crippen LogP contribution >= 0.6 is 0 Å². The SMILES string of the molecule is CC(C)N1CCN(c2ccc3ncc(-c4cnn(C)c4)cc3c2)c2cc(O)ccc2C1. The van der Waals surface area contributed by atoms with Crippen molar-refractivity contribution in [1.29, 1.82) is 0 Å². The van der Waals surface area contributed by atoms with E-state index in [0.29, 0.717) is 11.8 Å². The maximum Gasteiger partial charge on any atom is 0.117 e. The van der Waals surface area contributed by atoms with Crippen LogP contribution in [0.4, 0.5) is 11.4 Å². The van der Waals surface area contributed by atoms with Gasteiger partial charge in [0.1, 0.15) is 5.75 Å². The zero-order chi connectivity index (χ0) is 21.5. The quantitative estimate of drug-likeness (QED) is 0.527. The summed E-state index contributed by atoms with van der Waals surface area (Å²) in [7, 11) is 1.92. The number of hydrogen-bond donors (Lipinski definition) is 1. The fraction of sp³-hybridized carbons (Fsp3) is 0.280. The summed E-state index contributed by atoms with van der Waals surface area (Å²) in [5.41, 5.74) is 6.48. The molecule has 0 bridgehead atoms. The number of nitrogens with zero attached hydrogens (tertiary/aromatic N) is 5. The standard InChI is InChI=1S/C25H27N5O/c1-17(2)29-8-9-30(25-12-23(31)6-4-18(25)16-29)22-5-7-24-19(11-22)10-20(13-26-24)21-14-27-28(3)15-21/h4-7,10-15,17,31H,8-9,16H2,1-3H3. The molecule has 0 aliphatic carbocycles. The number of benzene rings is 2. The van der Waals surface area contributed by atoms with Gasteiger partial charge in [-0.15, -0.1) is 0 Å². The smallest absolute Gasteiger partial charge is 0.117 e. The molecule has 5 rings (SSSR count). The van der Waals surface area contributed by atoms with Gasteiger partial charge < -0.3 is 10.0 Å². The molecular formula is C25H27N5O. The maximum absolute atomic E-state index is 10.2. The molecule has 158 valence electrons. The third-order valence-corrected chi connectivity index (χ3v) is 6.09. The van der Waals surface area contributed by atoms with E-state index in [9.17, 15) is 5.11 Å². The third kappa shape index (κ3) is 3.75. The van der Waals surface area contributed by atoms with Gasteiger partial charge in [0.05, 0.1) is 11.7 Å². The molecule has 0 fully saturated rings. The van der Waals surface area contributed by atoms with Crippen molar-refractivity contribution in [3.8, 4) is 16.9 Å². The Hall–Kier alpha value is -3.38. The first-order chi connectivity index (χ1) is 15.0. The molecule has 0 unspecified atom stereocenters. The summed E-state index contributed by atoms with van der Waals surface area (Å²) in [4.78, 5) is 9.45. The maximum atomic E-state index is 10.2. The summed E-state index contributed by atoms with van der Waals surface area (Å²) in [6.45, 7) is 7.16. The minimum absolute atomic E-state index is 0.295. The second kappa shape index (κ2) is 7.71. The number of phenolic OH excluding ortho intramolecular Hbond substituents is 1. The predicted molar refractivity (Wildman–Crippen MR) is 125 cm³/mol. The van der Waals surface area contributed by atoms with Crippen LogP contribution in [0.25, 0.3) is 22.0 Å². The first kappa shape index (κ1) is 19.6. The van der Waals surface area contributed by atoms with Crippen molar-refractivity contribution in [3.05, 3.63) is 66.6 Å². The van der Waals surface area contributed by atoms with Gasteiger partial charge in [-0.25, -0.2) is 0 Å². The molecule has 0 saturated carbocycles. The molecule has 0 spiro atoms. The lowest BCUT2D eigenvalue weighted by atomic mass is 10.1. The van der Waals surface area contributed by atoms with E-state index < -0.39 is 0 Å². The fourth-order valence-corrected chi connectivity index (χ4v) is 4.31. The van der Waals surface area contributed by atoms with Gasteiger partial charge in [0, 0.05) is 79.1 Å². The summed E-state index contributed by atoms with van der Waals surface area (Å²) in [6, 6.07) is 14.7. The van der Waals surface area contributed by atoms with Gasteiger partial charge in [-0.3, -0.25) is 14.6 Å². The van der Waals surface area contributed by atoms with Crippen molar-refractivity contribution in [2.75, 3.05) is 18.0 Å². The second-order valence-electron chi connectivity index (χ2n) is 8.53. The van der Waals surface area contributed by atoms with E-state index in [2.05, 4.69) is 58.0 Å². The van der Waals surface area contributed by atoms with E-state index in [1.165, 1.54) is 5.56 Å². The topological polar surface area (TPSA) is 57.4 Å². The molecule has 3 heterocycles. The molecule has 0 radical (unpaired) electrons. The van der Waals surface area contributed by atoms with E-state index in [0.717, 1.165) is 53.0 Å². The minimum Gasteiger partial charge on any atom is -0.508 e. The van der Waals surface area contributed by atoms with Crippen molar-refractivity contribution < 1.29 is 5.11 Å². The van der Waals surface area contributed by atoms with E-state index in [4.69, 9.17) is 0 Å². The number of phenols is 1. The Morgan fingerprint density at radius 3 is 2.61 bits per heavy atom. The fourth-order valence-electron chi connectivity index (χ4n) is 4.31. The molecule has 6 heteroatoms. The summed E-state index contributed by atoms with van der Waals surface area (Å²) in [5, 5.41) is 15.6. The number of rotatable bonds is 3.